The number of urea groups is 1. The first-order valence-electron chi connectivity index (χ1n) is 7.44. The second-order valence-corrected chi connectivity index (χ2v) is 5.83. The van der Waals surface area contributed by atoms with Crippen LogP contribution in [0, 0.1) is 0 Å². The van der Waals surface area contributed by atoms with E-state index in [1.54, 1.807) is 0 Å². The van der Waals surface area contributed by atoms with Crippen LogP contribution in [0.1, 0.15) is 52.4 Å². The first-order valence-corrected chi connectivity index (χ1v) is 7.44. The predicted octanol–water partition coefficient (Wildman–Crippen LogP) is 0.988. The van der Waals surface area contributed by atoms with Crippen molar-refractivity contribution in [1.29, 1.82) is 0 Å². The molecule has 7 nitrogen and oxygen atoms in total. The molecule has 0 bridgehead atoms. The molecule has 120 valence electrons. The summed E-state index contributed by atoms with van der Waals surface area (Å²) in [5.74, 6) is -1.31. The molecule has 0 aromatic rings. The zero-order valence-electron chi connectivity index (χ0n) is 12.7. The molecular formula is C14H25N3O4. The summed E-state index contributed by atoms with van der Waals surface area (Å²) < 4.78 is 0. The van der Waals surface area contributed by atoms with E-state index in [1.807, 2.05) is 13.8 Å². The van der Waals surface area contributed by atoms with Crippen LogP contribution in [-0.2, 0) is 9.59 Å². The molecule has 1 aliphatic carbocycles. The number of carbonyl (C=O) groups excluding carboxylic acids is 2. The van der Waals surface area contributed by atoms with E-state index in [1.165, 1.54) is 0 Å². The summed E-state index contributed by atoms with van der Waals surface area (Å²) >= 11 is 0. The summed E-state index contributed by atoms with van der Waals surface area (Å²) in [5.41, 5.74) is -1.21. The highest BCUT2D eigenvalue weighted by Gasteiger charge is 2.40. The van der Waals surface area contributed by atoms with Gasteiger partial charge in [-0.05, 0) is 26.7 Å². The number of carboxylic acid groups (broad SMARTS) is 1. The number of aliphatic carboxylic acids is 1. The Hall–Kier alpha value is -1.79. The molecule has 0 spiro atoms. The maximum atomic E-state index is 11.9. The second-order valence-electron chi connectivity index (χ2n) is 5.83. The Morgan fingerprint density at radius 3 is 2.14 bits per heavy atom. The Morgan fingerprint density at radius 1 is 1.10 bits per heavy atom. The van der Waals surface area contributed by atoms with E-state index in [9.17, 15) is 19.5 Å². The first-order chi connectivity index (χ1) is 9.85. The predicted molar refractivity (Wildman–Crippen MR) is 77.9 cm³/mol. The first kappa shape index (κ1) is 17.3. The van der Waals surface area contributed by atoms with Crippen LogP contribution < -0.4 is 16.0 Å². The zero-order chi connectivity index (χ0) is 15.9. The van der Waals surface area contributed by atoms with E-state index in [2.05, 4.69) is 16.0 Å². The Morgan fingerprint density at radius 2 is 1.67 bits per heavy atom. The summed E-state index contributed by atoms with van der Waals surface area (Å²) in [5, 5.41) is 17.0. The summed E-state index contributed by atoms with van der Waals surface area (Å²) in [4.78, 5) is 34.8. The van der Waals surface area contributed by atoms with Crippen molar-refractivity contribution >= 4 is 17.9 Å². The number of hydrogen-bond acceptors (Lipinski definition) is 3. The average Bonchev–Trinajstić information content (AvgIpc) is 2.62. The maximum Gasteiger partial charge on any atom is 0.329 e. The molecule has 0 radical (unpaired) electrons. The van der Waals surface area contributed by atoms with Crippen LogP contribution >= 0.6 is 0 Å². The Balaban J connectivity index is 2.53. The molecule has 1 rings (SSSR count). The molecule has 0 aromatic carbocycles. The van der Waals surface area contributed by atoms with Crippen LogP contribution in [0.15, 0.2) is 0 Å². The summed E-state index contributed by atoms with van der Waals surface area (Å²) in [6.07, 6.45) is 4.37. The van der Waals surface area contributed by atoms with Crippen LogP contribution in [0.3, 0.4) is 0 Å². The minimum Gasteiger partial charge on any atom is -0.480 e. The number of hydrogen-bond donors (Lipinski definition) is 4. The molecule has 4 N–H and O–H groups in total. The van der Waals surface area contributed by atoms with Crippen molar-refractivity contribution in [3.63, 3.8) is 0 Å². The lowest BCUT2D eigenvalue weighted by atomic mass is 9.90. The van der Waals surface area contributed by atoms with Gasteiger partial charge in [0.15, 0.2) is 0 Å². The van der Waals surface area contributed by atoms with Crippen molar-refractivity contribution in [2.75, 3.05) is 6.54 Å². The lowest BCUT2D eigenvalue weighted by molar-refractivity contribution is -0.145. The molecule has 0 aromatic heterocycles. The minimum absolute atomic E-state index is 0.00502. The van der Waals surface area contributed by atoms with Gasteiger partial charge >= 0.3 is 12.0 Å². The fraction of sp³-hybridized carbons (Fsp3) is 0.786. The van der Waals surface area contributed by atoms with Crippen molar-refractivity contribution in [3.8, 4) is 0 Å². The highest BCUT2D eigenvalue weighted by molar-refractivity contribution is 5.88. The zero-order valence-corrected chi connectivity index (χ0v) is 12.7. The van der Waals surface area contributed by atoms with Gasteiger partial charge in [0.05, 0.1) is 6.54 Å². The standard InChI is InChI=1S/C14H25N3O4/c1-10(2)16-11(18)9-15-13(21)17-14(12(19)20)7-5-3-4-6-8-14/h10H,3-9H2,1-2H3,(H,16,18)(H,19,20)(H2,15,17,21). The third kappa shape index (κ3) is 5.61. The number of amides is 3. The van der Waals surface area contributed by atoms with E-state index < -0.39 is 17.5 Å². The van der Waals surface area contributed by atoms with Gasteiger partial charge in [-0.25, -0.2) is 9.59 Å². The molecule has 7 heteroatoms. The summed E-state index contributed by atoms with van der Waals surface area (Å²) in [6, 6.07) is -0.618. The quantitative estimate of drug-likeness (QED) is 0.568. The van der Waals surface area contributed by atoms with Gasteiger partial charge in [-0.1, -0.05) is 25.7 Å². The molecule has 0 saturated heterocycles. The fourth-order valence-corrected chi connectivity index (χ4v) is 2.52. The SMILES string of the molecule is CC(C)NC(=O)CNC(=O)NC1(C(=O)O)CCCCCC1. The molecular weight excluding hydrogens is 274 g/mol. The maximum absolute atomic E-state index is 11.9. The van der Waals surface area contributed by atoms with E-state index in [0.29, 0.717) is 12.8 Å². The molecule has 21 heavy (non-hydrogen) atoms. The molecule has 0 aliphatic heterocycles. The minimum atomic E-state index is -1.21. The van der Waals surface area contributed by atoms with Gasteiger partial charge in [0.1, 0.15) is 5.54 Å². The number of carbonyl (C=O) groups is 3. The second kappa shape index (κ2) is 7.85. The highest BCUT2D eigenvalue weighted by Crippen LogP contribution is 2.27. The summed E-state index contributed by atoms with van der Waals surface area (Å²) in [7, 11) is 0. The van der Waals surface area contributed by atoms with Gasteiger partial charge < -0.3 is 21.1 Å². The van der Waals surface area contributed by atoms with Crippen molar-refractivity contribution in [3.05, 3.63) is 0 Å². The third-order valence-electron chi connectivity index (χ3n) is 3.58. The fourth-order valence-electron chi connectivity index (χ4n) is 2.52. The van der Waals surface area contributed by atoms with Crippen molar-refractivity contribution in [2.45, 2.75) is 64.0 Å². The number of carboxylic acids is 1. The summed E-state index contributed by atoms with van der Waals surface area (Å²) in [6.45, 7) is 3.48. The van der Waals surface area contributed by atoms with E-state index in [0.717, 1.165) is 25.7 Å². The lowest BCUT2D eigenvalue weighted by Crippen LogP contribution is -2.57. The normalized spacial score (nSPS) is 17.7. The van der Waals surface area contributed by atoms with Crippen LogP contribution in [0.25, 0.3) is 0 Å². The van der Waals surface area contributed by atoms with Gasteiger partial charge in [0.25, 0.3) is 0 Å². The van der Waals surface area contributed by atoms with Gasteiger partial charge in [0.2, 0.25) is 5.91 Å². The smallest absolute Gasteiger partial charge is 0.329 e. The average molecular weight is 299 g/mol. The van der Waals surface area contributed by atoms with E-state index >= 15 is 0 Å². The van der Waals surface area contributed by atoms with E-state index in [4.69, 9.17) is 0 Å². The van der Waals surface area contributed by atoms with Crippen molar-refractivity contribution in [1.82, 2.24) is 16.0 Å². The van der Waals surface area contributed by atoms with Crippen LogP contribution in [0.4, 0.5) is 4.79 Å². The van der Waals surface area contributed by atoms with Crippen LogP contribution in [0.5, 0.6) is 0 Å². The Kier molecular flexibility index (Phi) is 6.45. The topological polar surface area (TPSA) is 108 Å². The molecule has 0 heterocycles. The molecule has 3 amide bonds. The van der Waals surface area contributed by atoms with Gasteiger partial charge in [-0.3, -0.25) is 4.79 Å². The highest BCUT2D eigenvalue weighted by atomic mass is 16.4. The lowest BCUT2D eigenvalue weighted by Gasteiger charge is -2.29. The van der Waals surface area contributed by atoms with Crippen molar-refractivity contribution < 1.29 is 19.5 Å². The Labute approximate surface area is 124 Å². The van der Waals surface area contributed by atoms with Gasteiger partial charge in [-0.15, -0.1) is 0 Å². The molecule has 1 saturated carbocycles. The van der Waals surface area contributed by atoms with Crippen molar-refractivity contribution in [2.24, 2.45) is 0 Å². The third-order valence-corrected chi connectivity index (χ3v) is 3.58. The Bertz CT molecular complexity index is 388. The van der Waals surface area contributed by atoms with E-state index in [-0.39, 0.29) is 18.5 Å². The molecule has 1 fully saturated rings. The number of nitrogens with one attached hydrogen (secondary N) is 3. The molecule has 0 atom stereocenters. The largest absolute Gasteiger partial charge is 0.480 e. The van der Waals surface area contributed by atoms with Crippen LogP contribution in [-0.4, -0.2) is 41.1 Å². The van der Waals surface area contributed by atoms with Gasteiger partial charge in [0, 0.05) is 6.04 Å². The number of rotatable bonds is 5. The van der Waals surface area contributed by atoms with Crippen LogP contribution in [0.2, 0.25) is 0 Å². The van der Waals surface area contributed by atoms with Gasteiger partial charge in [-0.2, -0.15) is 0 Å². The molecule has 0 unspecified atom stereocenters. The molecule has 1 aliphatic rings. The monoisotopic (exact) mass is 299 g/mol.